The van der Waals surface area contributed by atoms with Gasteiger partial charge in [-0.15, -0.1) is 11.3 Å². The van der Waals surface area contributed by atoms with Crippen LogP contribution in [0.25, 0.3) is 10.6 Å². The second-order valence-electron chi connectivity index (χ2n) is 7.63. The van der Waals surface area contributed by atoms with Crippen molar-refractivity contribution in [3.05, 3.63) is 59.4 Å². The zero-order chi connectivity index (χ0) is 23.3. The standard InChI is InChI=1S/C24H26N2O5S/c27-22(28)10-2-1-5-13-30-19-8-4-3-7-17(19)16-26(18-11-12-18)24(29)23-25-15-21(32-23)20-9-6-14-31-20/h3-4,6-9,14-15,18H,1-2,5,10-13,16H2,(H,27,28)/i18D. The first-order chi connectivity index (χ1) is 16.0. The molecule has 1 fully saturated rings. The van der Waals surface area contributed by atoms with Gasteiger partial charge in [0.25, 0.3) is 5.91 Å². The van der Waals surface area contributed by atoms with E-state index >= 15 is 0 Å². The number of furan rings is 1. The summed E-state index contributed by atoms with van der Waals surface area (Å²) in [4.78, 5) is 30.6. The molecule has 4 rings (SSSR count). The Morgan fingerprint density at radius 1 is 1.22 bits per heavy atom. The molecule has 168 valence electrons. The minimum atomic E-state index is -0.933. The van der Waals surface area contributed by atoms with Crippen LogP contribution in [0.3, 0.4) is 0 Å². The van der Waals surface area contributed by atoms with E-state index in [1.165, 1.54) is 11.3 Å². The van der Waals surface area contributed by atoms with Crippen LogP contribution >= 0.6 is 11.3 Å². The fraction of sp³-hybridized carbons (Fsp3) is 0.375. The summed E-state index contributed by atoms with van der Waals surface area (Å²) in [7, 11) is 0. The summed E-state index contributed by atoms with van der Waals surface area (Å²) < 4.78 is 20.0. The highest BCUT2D eigenvalue weighted by Crippen LogP contribution is 2.34. The Balaban J connectivity index is 1.43. The molecular weight excluding hydrogens is 428 g/mol. The fourth-order valence-corrected chi connectivity index (χ4v) is 4.19. The molecule has 1 aromatic carbocycles. The van der Waals surface area contributed by atoms with Gasteiger partial charge in [0, 0.05) is 30.7 Å². The maximum Gasteiger partial charge on any atom is 0.303 e. The number of aromatic nitrogens is 1. The largest absolute Gasteiger partial charge is 0.493 e. The molecule has 1 aliphatic rings. The smallest absolute Gasteiger partial charge is 0.303 e. The monoisotopic (exact) mass is 455 g/mol. The van der Waals surface area contributed by atoms with Crippen molar-refractivity contribution in [2.24, 2.45) is 0 Å². The summed E-state index contributed by atoms with van der Waals surface area (Å²) in [6.07, 6.45) is 6.77. The van der Waals surface area contributed by atoms with Crippen molar-refractivity contribution in [2.45, 2.75) is 51.1 Å². The number of carboxylic acid groups (broad SMARTS) is 1. The maximum absolute atomic E-state index is 13.4. The Bertz CT molecular complexity index is 1090. The van der Waals surface area contributed by atoms with Crippen molar-refractivity contribution >= 4 is 23.2 Å². The van der Waals surface area contributed by atoms with E-state index in [2.05, 4.69) is 4.98 Å². The van der Waals surface area contributed by atoms with Gasteiger partial charge in [0.1, 0.15) is 11.5 Å². The number of unbranched alkanes of at least 4 members (excludes halogenated alkanes) is 2. The molecule has 1 aliphatic carbocycles. The van der Waals surface area contributed by atoms with Crippen molar-refractivity contribution in [1.82, 2.24) is 9.88 Å². The number of ether oxygens (including phenoxy) is 1. The van der Waals surface area contributed by atoms with Gasteiger partial charge in [0.15, 0.2) is 5.01 Å². The highest BCUT2D eigenvalue weighted by molar-refractivity contribution is 7.16. The Kier molecular flexibility index (Phi) is 6.78. The lowest BCUT2D eigenvalue weighted by Crippen LogP contribution is -2.32. The topological polar surface area (TPSA) is 92.9 Å². The van der Waals surface area contributed by atoms with Crippen LogP contribution in [0, 0.1) is 0 Å². The van der Waals surface area contributed by atoms with Crippen LogP contribution in [0.4, 0.5) is 0 Å². The molecule has 0 aliphatic heterocycles. The second kappa shape index (κ2) is 10.5. The molecule has 1 saturated carbocycles. The molecule has 32 heavy (non-hydrogen) atoms. The number of carbonyl (C=O) groups excluding carboxylic acids is 1. The summed E-state index contributed by atoms with van der Waals surface area (Å²) in [5.41, 5.74) is 0.831. The Hall–Kier alpha value is -3.13. The summed E-state index contributed by atoms with van der Waals surface area (Å²) >= 11 is 1.26. The SMILES string of the molecule is [2H]C1(N(Cc2ccccc2OCCCCCC(=O)O)C(=O)c2ncc(-c3ccco3)s2)CC1. The number of carboxylic acids is 1. The van der Waals surface area contributed by atoms with Gasteiger partial charge in [-0.25, -0.2) is 4.98 Å². The molecule has 0 bridgehead atoms. The predicted molar refractivity (Wildman–Crippen MR) is 121 cm³/mol. The van der Waals surface area contributed by atoms with E-state index < -0.39 is 12.0 Å². The van der Waals surface area contributed by atoms with Gasteiger partial charge >= 0.3 is 5.97 Å². The van der Waals surface area contributed by atoms with Crippen molar-refractivity contribution < 1.29 is 25.2 Å². The molecule has 8 heteroatoms. The van der Waals surface area contributed by atoms with Crippen LogP contribution in [0.15, 0.2) is 53.3 Å². The van der Waals surface area contributed by atoms with Crippen LogP contribution < -0.4 is 4.74 Å². The van der Waals surface area contributed by atoms with Gasteiger partial charge in [-0.05, 0) is 50.3 Å². The summed E-state index contributed by atoms with van der Waals surface area (Å²) in [5.74, 6) is 0.279. The molecule has 1 N–H and O–H groups in total. The summed E-state index contributed by atoms with van der Waals surface area (Å²) in [6, 6.07) is 10.2. The first-order valence-electron chi connectivity index (χ1n) is 11.2. The molecule has 0 spiro atoms. The van der Waals surface area contributed by atoms with E-state index in [1.807, 2.05) is 30.3 Å². The number of nitrogens with zero attached hydrogens (tertiary/aromatic N) is 2. The number of para-hydroxylation sites is 1. The molecule has 0 saturated heterocycles. The first kappa shape index (κ1) is 20.8. The van der Waals surface area contributed by atoms with E-state index in [9.17, 15) is 9.59 Å². The van der Waals surface area contributed by atoms with Gasteiger partial charge < -0.3 is 19.2 Å². The average Bonchev–Trinajstić information content (AvgIpc) is 3.21. The molecule has 1 amide bonds. The number of rotatable bonds is 12. The molecule has 3 aromatic rings. The van der Waals surface area contributed by atoms with E-state index in [1.54, 1.807) is 23.4 Å². The lowest BCUT2D eigenvalue weighted by molar-refractivity contribution is -0.137. The van der Waals surface area contributed by atoms with Crippen molar-refractivity contribution in [2.75, 3.05) is 6.61 Å². The molecule has 0 unspecified atom stereocenters. The predicted octanol–water partition coefficient (Wildman–Crippen LogP) is 5.23. The number of benzene rings is 1. The third kappa shape index (κ3) is 5.76. The number of carbonyl (C=O) groups is 2. The minimum Gasteiger partial charge on any atom is -0.493 e. The Morgan fingerprint density at radius 3 is 2.81 bits per heavy atom. The minimum absolute atomic E-state index is 0.164. The number of hydrogen-bond donors (Lipinski definition) is 1. The van der Waals surface area contributed by atoms with Gasteiger partial charge in [-0.3, -0.25) is 9.59 Å². The van der Waals surface area contributed by atoms with Gasteiger partial charge in [0.05, 0.1) is 19.1 Å². The van der Waals surface area contributed by atoms with E-state index in [0.717, 1.165) is 23.3 Å². The van der Waals surface area contributed by atoms with Gasteiger partial charge in [-0.2, -0.15) is 0 Å². The Morgan fingerprint density at radius 2 is 2.06 bits per heavy atom. The zero-order valence-electron chi connectivity index (χ0n) is 18.7. The molecule has 2 heterocycles. The normalized spacial score (nSPS) is 14.6. The van der Waals surface area contributed by atoms with Crippen LogP contribution in [0.1, 0.15) is 55.3 Å². The number of aliphatic carboxylic acids is 1. The van der Waals surface area contributed by atoms with Gasteiger partial charge in [0.2, 0.25) is 0 Å². The fourth-order valence-electron chi connectivity index (χ4n) is 3.36. The molecular formula is C24H26N2O5S. The molecule has 0 radical (unpaired) electrons. The van der Waals surface area contributed by atoms with Gasteiger partial charge in [-0.1, -0.05) is 18.2 Å². The first-order valence-corrected chi connectivity index (χ1v) is 11.5. The molecule has 2 aromatic heterocycles. The lowest BCUT2D eigenvalue weighted by Gasteiger charge is -2.23. The zero-order valence-corrected chi connectivity index (χ0v) is 18.5. The Labute approximate surface area is 192 Å². The third-order valence-corrected chi connectivity index (χ3v) is 6.15. The third-order valence-electron chi connectivity index (χ3n) is 5.15. The number of thiazole rings is 1. The van der Waals surface area contributed by atoms with E-state index in [4.69, 9.17) is 15.6 Å². The highest BCUT2D eigenvalue weighted by atomic mass is 32.1. The van der Waals surface area contributed by atoms with Crippen molar-refractivity contribution in [3.8, 4) is 16.4 Å². The quantitative estimate of drug-likeness (QED) is 0.376. The van der Waals surface area contributed by atoms with E-state index in [-0.39, 0.29) is 18.9 Å². The summed E-state index contributed by atoms with van der Waals surface area (Å²) in [6.45, 7) is 0.725. The van der Waals surface area contributed by atoms with Crippen LogP contribution in [-0.4, -0.2) is 39.5 Å². The molecule has 7 nitrogen and oxygen atoms in total. The summed E-state index contributed by atoms with van der Waals surface area (Å²) in [5, 5.41) is 9.06. The number of amides is 1. The van der Waals surface area contributed by atoms with Crippen molar-refractivity contribution in [3.63, 3.8) is 0 Å². The van der Waals surface area contributed by atoms with E-state index in [0.29, 0.717) is 42.4 Å². The maximum atomic E-state index is 13.4. The molecule has 0 atom stereocenters. The van der Waals surface area contributed by atoms with Crippen molar-refractivity contribution in [1.29, 1.82) is 0 Å². The van der Waals surface area contributed by atoms with Crippen LogP contribution in [0.2, 0.25) is 0 Å². The average molecular weight is 456 g/mol. The second-order valence-corrected chi connectivity index (χ2v) is 8.66. The lowest BCUT2D eigenvalue weighted by atomic mass is 10.1. The van der Waals surface area contributed by atoms with Crippen LogP contribution in [-0.2, 0) is 11.3 Å². The van der Waals surface area contributed by atoms with Crippen LogP contribution in [0.5, 0.6) is 5.75 Å². The number of hydrogen-bond acceptors (Lipinski definition) is 6. The highest BCUT2D eigenvalue weighted by Gasteiger charge is 2.35.